The van der Waals surface area contributed by atoms with Crippen molar-refractivity contribution in [2.45, 2.75) is 39.5 Å². The highest BCUT2D eigenvalue weighted by Crippen LogP contribution is 2.26. The van der Waals surface area contributed by atoms with Crippen molar-refractivity contribution in [3.63, 3.8) is 0 Å². The summed E-state index contributed by atoms with van der Waals surface area (Å²) in [7, 11) is 0. The molecule has 26 heavy (non-hydrogen) atoms. The summed E-state index contributed by atoms with van der Waals surface area (Å²) in [6, 6.07) is 9.06. The summed E-state index contributed by atoms with van der Waals surface area (Å²) in [4.78, 5) is 24.2. The predicted molar refractivity (Wildman–Crippen MR) is 100 cm³/mol. The molecule has 1 aliphatic carbocycles. The summed E-state index contributed by atoms with van der Waals surface area (Å²) in [6.45, 7) is 3.54. The molecule has 0 spiro atoms. The van der Waals surface area contributed by atoms with E-state index in [-0.39, 0.29) is 17.7 Å². The highest BCUT2D eigenvalue weighted by molar-refractivity contribution is 6.01. The first-order valence-corrected chi connectivity index (χ1v) is 8.84. The minimum absolute atomic E-state index is 0.100. The average molecular weight is 353 g/mol. The second-order valence-electron chi connectivity index (χ2n) is 6.58. The molecule has 1 aliphatic rings. The molecule has 0 aliphatic heterocycles. The number of carbonyl (C=O) groups is 2. The van der Waals surface area contributed by atoms with E-state index in [9.17, 15) is 9.59 Å². The standard InChI is InChI=1S/C20H23N3O3/c1-13(22-23-20(25)18-11-12-26-14(18)2)15-7-9-17(10-8-15)21-19(24)16-5-3-4-6-16/h7-12,16H,3-6H2,1-2H3,(H,21,24)(H,23,25)/b22-13-. The van der Waals surface area contributed by atoms with E-state index in [2.05, 4.69) is 15.8 Å². The number of carbonyl (C=O) groups excluding carboxylic acids is 2. The Kier molecular flexibility index (Phi) is 5.51. The molecule has 0 bridgehead atoms. The van der Waals surface area contributed by atoms with Gasteiger partial charge in [-0.05, 0) is 50.5 Å². The second-order valence-corrected chi connectivity index (χ2v) is 6.58. The van der Waals surface area contributed by atoms with Crippen molar-refractivity contribution in [2.24, 2.45) is 11.0 Å². The number of rotatable bonds is 5. The minimum atomic E-state index is -0.309. The lowest BCUT2D eigenvalue weighted by Gasteiger charge is -2.11. The van der Waals surface area contributed by atoms with Crippen LogP contribution >= 0.6 is 0 Å². The molecule has 2 N–H and O–H groups in total. The van der Waals surface area contributed by atoms with Crippen LogP contribution in [0.25, 0.3) is 0 Å². The van der Waals surface area contributed by atoms with E-state index in [1.807, 2.05) is 31.2 Å². The number of aryl methyl sites for hydroxylation is 1. The molecule has 6 heteroatoms. The Hall–Kier alpha value is -2.89. The molecule has 0 radical (unpaired) electrons. The lowest BCUT2D eigenvalue weighted by Crippen LogP contribution is -2.20. The lowest BCUT2D eigenvalue weighted by atomic mass is 10.1. The van der Waals surface area contributed by atoms with Crippen LogP contribution < -0.4 is 10.7 Å². The molecule has 1 fully saturated rings. The molecule has 6 nitrogen and oxygen atoms in total. The molecule has 3 rings (SSSR count). The predicted octanol–water partition coefficient (Wildman–Crippen LogP) is 3.87. The molecule has 1 aromatic heterocycles. The topological polar surface area (TPSA) is 83.7 Å². The number of nitrogens with one attached hydrogen (secondary N) is 2. The van der Waals surface area contributed by atoms with E-state index in [1.54, 1.807) is 13.0 Å². The van der Waals surface area contributed by atoms with E-state index in [0.717, 1.165) is 36.9 Å². The third-order valence-corrected chi connectivity index (χ3v) is 4.72. The molecular weight excluding hydrogens is 330 g/mol. The van der Waals surface area contributed by atoms with E-state index in [1.165, 1.54) is 6.26 Å². The zero-order valence-corrected chi connectivity index (χ0v) is 15.0. The van der Waals surface area contributed by atoms with Gasteiger partial charge in [0.15, 0.2) is 0 Å². The van der Waals surface area contributed by atoms with E-state index in [4.69, 9.17) is 4.42 Å². The van der Waals surface area contributed by atoms with Crippen LogP contribution in [0.4, 0.5) is 5.69 Å². The molecule has 2 amide bonds. The Labute approximate surface area is 152 Å². The maximum absolute atomic E-state index is 12.2. The normalized spacial score (nSPS) is 15.1. The van der Waals surface area contributed by atoms with Gasteiger partial charge in [-0.1, -0.05) is 25.0 Å². The highest BCUT2D eigenvalue weighted by Gasteiger charge is 2.22. The summed E-state index contributed by atoms with van der Waals surface area (Å²) in [5.41, 5.74) is 5.31. The molecule has 1 heterocycles. The van der Waals surface area contributed by atoms with Gasteiger partial charge in [0.2, 0.25) is 5.91 Å². The van der Waals surface area contributed by atoms with Crippen molar-refractivity contribution < 1.29 is 14.0 Å². The van der Waals surface area contributed by atoms with Gasteiger partial charge >= 0.3 is 0 Å². The smallest absolute Gasteiger partial charge is 0.274 e. The Morgan fingerprint density at radius 3 is 2.42 bits per heavy atom. The van der Waals surface area contributed by atoms with Crippen LogP contribution in [0.1, 0.15) is 54.3 Å². The van der Waals surface area contributed by atoms with Gasteiger partial charge in [0.25, 0.3) is 5.91 Å². The van der Waals surface area contributed by atoms with Gasteiger partial charge in [-0.25, -0.2) is 5.43 Å². The first-order valence-electron chi connectivity index (χ1n) is 8.84. The minimum Gasteiger partial charge on any atom is -0.469 e. The Morgan fingerprint density at radius 2 is 1.81 bits per heavy atom. The van der Waals surface area contributed by atoms with Gasteiger partial charge in [0, 0.05) is 11.6 Å². The first kappa shape index (κ1) is 17.9. The van der Waals surface area contributed by atoms with Gasteiger partial charge in [0.1, 0.15) is 5.76 Å². The Morgan fingerprint density at radius 1 is 1.12 bits per heavy atom. The molecule has 1 saturated carbocycles. The van der Waals surface area contributed by atoms with Gasteiger partial charge in [0.05, 0.1) is 17.5 Å². The zero-order chi connectivity index (χ0) is 18.5. The molecule has 136 valence electrons. The zero-order valence-electron chi connectivity index (χ0n) is 15.0. The number of hydrogen-bond donors (Lipinski definition) is 2. The van der Waals surface area contributed by atoms with Crippen LogP contribution in [0, 0.1) is 12.8 Å². The first-order chi connectivity index (χ1) is 12.5. The van der Waals surface area contributed by atoms with Gasteiger partial charge in [-0.2, -0.15) is 5.10 Å². The van der Waals surface area contributed by atoms with Gasteiger partial charge < -0.3 is 9.73 Å². The molecule has 0 unspecified atom stereocenters. The van der Waals surface area contributed by atoms with Crippen molar-refractivity contribution in [2.75, 3.05) is 5.32 Å². The van der Waals surface area contributed by atoms with Gasteiger partial charge in [-0.3, -0.25) is 9.59 Å². The number of hydrazone groups is 1. The van der Waals surface area contributed by atoms with E-state index < -0.39 is 0 Å². The van der Waals surface area contributed by atoms with Crippen molar-refractivity contribution >= 4 is 23.2 Å². The SMILES string of the molecule is C/C(=N/NC(=O)c1ccoc1C)c1ccc(NC(=O)C2CCCC2)cc1. The highest BCUT2D eigenvalue weighted by atomic mass is 16.3. The number of benzene rings is 1. The molecular formula is C20H23N3O3. The number of furan rings is 1. The fourth-order valence-corrected chi connectivity index (χ4v) is 3.11. The maximum Gasteiger partial charge on any atom is 0.274 e. The molecule has 0 atom stereocenters. The Balaban J connectivity index is 1.59. The number of nitrogens with zero attached hydrogens (tertiary/aromatic N) is 1. The summed E-state index contributed by atoms with van der Waals surface area (Å²) in [5.74, 6) is 0.483. The van der Waals surface area contributed by atoms with Crippen molar-refractivity contribution in [3.8, 4) is 0 Å². The van der Waals surface area contributed by atoms with Gasteiger partial charge in [-0.15, -0.1) is 0 Å². The van der Waals surface area contributed by atoms with Crippen LogP contribution in [0.3, 0.4) is 0 Å². The van der Waals surface area contributed by atoms with Crippen LogP contribution in [0.15, 0.2) is 46.1 Å². The molecule has 1 aromatic carbocycles. The third-order valence-electron chi connectivity index (χ3n) is 4.72. The van der Waals surface area contributed by atoms with Crippen molar-refractivity contribution in [1.29, 1.82) is 0 Å². The largest absolute Gasteiger partial charge is 0.469 e. The van der Waals surface area contributed by atoms with Crippen LogP contribution in [0.5, 0.6) is 0 Å². The van der Waals surface area contributed by atoms with E-state index in [0.29, 0.717) is 17.0 Å². The Bertz CT molecular complexity index is 815. The fraction of sp³-hybridized carbons (Fsp3) is 0.350. The number of amides is 2. The van der Waals surface area contributed by atoms with Crippen LogP contribution in [0.2, 0.25) is 0 Å². The summed E-state index contributed by atoms with van der Waals surface area (Å²) < 4.78 is 5.11. The van der Waals surface area contributed by atoms with Crippen molar-refractivity contribution in [3.05, 3.63) is 53.5 Å². The van der Waals surface area contributed by atoms with Crippen LogP contribution in [-0.2, 0) is 4.79 Å². The lowest BCUT2D eigenvalue weighted by molar-refractivity contribution is -0.119. The number of hydrogen-bond acceptors (Lipinski definition) is 4. The number of anilines is 1. The second kappa shape index (κ2) is 7.99. The monoisotopic (exact) mass is 353 g/mol. The van der Waals surface area contributed by atoms with E-state index >= 15 is 0 Å². The quantitative estimate of drug-likeness (QED) is 0.632. The average Bonchev–Trinajstić information content (AvgIpc) is 3.31. The fourth-order valence-electron chi connectivity index (χ4n) is 3.11. The van der Waals surface area contributed by atoms with Crippen molar-refractivity contribution in [1.82, 2.24) is 5.43 Å². The maximum atomic E-state index is 12.2. The van der Waals surface area contributed by atoms with Crippen LogP contribution in [-0.4, -0.2) is 17.5 Å². The summed E-state index contributed by atoms with van der Waals surface area (Å²) >= 11 is 0. The summed E-state index contributed by atoms with van der Waals surface area (Å²) in [6.07, 6.45) is 5.70. The third kappa shape index (κ3) is 4.20. The molecule has 2 aromatic rings. The molecule has 0 saturated heterocycles. The summed E-state index contributed by atoms with van der Waals surface area (Å²) in [5, 5.41) is 7.10.